The average molecular weight is 330 g/mol. The van der Waals surface area contributed by atoms with Gasteiger partial charge in [-0.1, -0.05) is 35.5 Å². The Kier molecular flexibility index (Phi) is 6.34. The van der Waals surface area contributed by atoms with Gasteiger partial charge in [0.1, 0.15) is 0 Å². The van der Waals surface area contributed by atoms with Crippen LogP contribution in [0, 0.1) is 0 Å². The molecule has 0 saturated carbocycles. The van der Waals surface area contributed by atoms with Crippen LogP contribution in [0.1, 0.15) is 17.3 Å². The quantitative estimate of drug-likeness (QED) is 0.733. The Morgan fingerprint density at radius 1 is 1.04 bits per heavy atom. The van der Waals surface area contributed by atoms with Gasteiger partial charge in [0.25, 0.3) is 0 Å². The molecule has 0 unspecified atom stereocenters. The van der Waals surface area contributed by atoms with Crippen LogP contribution in [0.3, 0.4) is 0 Å². The molecule has 130 valence electrons. The van der Waals surface area contributed by atoms with Gasteiger partial charge in [0, 0.05) is 46.3 Å². The van der Waals surface area contributed by atoms with E-state index in [2.05, 4.69) is 44.2 Å². The van der Waals surface area contributed by atoms with Crippen LogP contribution in [0.2, 0.25) is 0 Å². The highest BCUT2D eigenvalue weighted by atomic mass is 16.5. The molecule has 0 spiro atoms. The summed E-state index contributed by atoms with van der Waals surface area (Å²) in [5, 5.41) is 4.11. The second-order valence-corrected chi connectivity index (χ2v) is 6.20. The number of hydrogen-bond acceptors (Lipinski definition) is 6. The van der Waals surface area contributed by atoms with E-state index in [1.165, 1.54) is 5.56 Å². The molecule has 0 amide bonds. The van der Waals surface area contributed by atoms with Gasteiger partial charge >= 0.3 is 0 Å². The summed E-state index contributed by atoms with van der Waals surface area (Å²) < 4.78 is 10.5. The zero-order valence-electron chi connectivity index (χ0n) is 14.4. The first-order valence-electron chi connectivity index (χ1n) is 8.62. The third-order valence-electron chi connectivity index (χ3n) is 4.43. The summed E-state index contributed by atoms with van der Waals surface area (Å²) >= 11 is 0. The Balaban J connectivity index is 1.41. The molecular weight excluding hydrogens is 304 g/mol. The molecule has 1 aliphatic rings. The number of piperazine rings is 1. The molecule has 24 heavy (non-hydrogen) atoms. The van der Waals surface area contributed by atoms with Gasteiger partial charge in [-0.3, -0.25) is 9.80 Å². The maximum Gasteiger partial charge on any atom is 0.240 e. The summed E-state index contributed by atoms with van der Waals surface area (Å²) in [5.41, 5.74) is 1.30. The van der Waals surface area contributed by atoms with Crippen molar-refractivity contribution in [3.8, 4) is 0 Å². The maximum atomic E-state index is 5.41. The fourth-order valence-corrected chi connectivity index (χ4v) is 2.94. The monoisotopic (exact) mass is 330 g/mol. The lowest BCUT2D eigenvalue weighted by atomic mass is 10.1. The minimum absolute atomic E-state index is 0.725. The molecule has 2 heterocycles. The van der Waals surface area contributed by atoms with Crippen molar-refractivity contribution in [1.29, 1.82) is 0 Å². The molecular formula is C18H26N4O2. The molecule has 1 fully saturated rings. The highest BCUT2D eigenvalue weighted by molar-refractivity contribution is 5.15. The topological polar surface area (TPSA) is 54.6 Å². The molecule has 6 heteroatoms. The van der Waals surface area contributed by atoms with E-state index in [1.807, 2.05) is 6.07 Å². The lowest BCUT2D eigenvalue weighted by Gasteiger charge is -2.33. The van der Waals surface area contributed by atoms with Crippen LogP contribution >= 0.6 is 0 Å². The van der Waals surface area contributed by atoms with Crippen molar-refractivity contribution >= 4 is 0 Å². The normalized spacial score (nSPS) is 16.5. The summed E-state index contributed by atoms with van der Waals surface area (Å²) in [7, 11) is 1.75. The molecule has 0 bridgehead atoms. The number of aromatic nitrogens is 2. The molecule has 0 atom stereocenters. The fourth-order valence-electron chi connectivity index (χ4n) is 2.94. The molecule has 6 nitrogen and oxygen atoms in total. The van der Waals surface area contributed by atoms with E-state index in [-0.39, 0.29) is 0 Å². The van der Waals surface area contributed by atoms with Gasteiger partial charge in [-0.15, -0.1) is 0 Å². The minimum atomic E-state index is 0.725. The highest BCUT2D eigenvalue weighted by Crippen LogP contribution is 2.09. The minimum Gasteiger partial charge on any atom is -0.383 e. The number of rotatable bonds is 8. The van der Waals surface area contributed by atoms with Gasteiger partial charge in [-0.05, 0) is 12.0 Å². The molecule has 1 aromatic heterocycles. The fraction of sp³-hybridized carbons (Fsp3) is 0.556. The van der Waals surface area contributed by atoms with Crippen LogP contribution in [0.15, 0.2) is 34.9 Å². The lowest BCUT2D eigenvalue weighted by molar-refractivity contribution is 0.0883. The van der Waals surface area contributed by atoms with Gasteiger partial charge in [0.05, 0.1) is 13.2 Å². The number of ether oxygens (including phenoxy) is 1. The molecule has 0 N–H and O–H groups in total. The second kappa shape index (κ2) is 8.92. The van der Waals surface area contributed by atoms with E-state index in [9.17, 15) is 0 Å². The van der Waals surface area contributed by atoms with Crippen LogP contribution in [0.5, 0.6) is 0 Å². The first kappa shape index (κ1) is 17.1. The lowest BCUT2D eigenvalue weighted by Crippen LogP contribution is -2.46. The Labute approximate surface area is 143 Å². The van der Waals surface area contributed by atoms with Gasteiger partial charge in [-0.25, -0.2) is 0 Å². The van der Waals surface area contributed by atoms with E-state index in [4.69, 9.17) is 9.26 Å². The van der Waals surface area contributed by atoms with Crippen molar-refractivity contribution in [2.45, 2.75) is 19.4 Å². The molecule has 2 aromatic rings. The van der Waals surface area contributed by atoms with Crippen molar-refractivity contribution in [1.82, 2.24) is 19.9 Å². The van der Waals surface area contributed by atoms with Crippen molar-refractivity contribution in [3.63, 3.8) is 0 Å². The van der Waals surface area contributed by atoms with E-state index >= 15 is 0 Å². The van der Waals surface area contributed by atoms with Crippen LogP contribution in [0.4, 0.5) is 0 Å². The maximum absolute atomic E-state index is 5.41. The Morgan fingerprint density at radius 3 is 2.54 bits per heavy atom. The predicted molar refractivity (Wildman–Crippen MR) is 91.7 cm³/mol. The smallest absolute Gasteiger partial charge is 0.240 e. The zero-order chi connectivity index (χ0) is 16.6. The standard InChI is InChI=1S/C18H26N4O2/c1-23-14-13-21-9-11-22(12-10-21)15-18-19-17(20-24-18)8-7-16-5-3-2-4-6-16/h2-6H,7-15H2,1H3. The summed E-state index contributed by atoms with van der Waals surface area (Å²) in [6, 6.07) is 10.4. The van der Waals surface area contributed by atoms with E-state index < -0.39 is 0 Å². The summed E-state index contributed by atoms with van der Waals surface area (Å²) in [6.45, 7) is 6.76. The number of methoxy groups -OCH3 is 1. The molecule has 0 radical (unpaired) electrons. The average Bonchev–Trinajstić information content (AvgIpc) is 3.08. The van der Waals surface area contributed by atoms with Crippen LogP contribution in [-0.2, 0) is 24.1 Å². The van der Waals surface area contributed by atoms with Gasteiger partial charge in [0.2, 0.25) is 5.89 Å². The van der Waals surface area contributed by atoms with Crippen molar-refractivity contribution in [2.24, 2.45) is 0 Å². The Bertz CT molecular complexity index is 594. The predicted octanol–water partition coefficient (Wildman–Crippen LogP) is 1.62. The molecule has 1 aromatic carbocycles. The molecule has 0 aliphatic carbocycles. The van der Waals surface area contributed by atoms with Crippen molar-refractivity contribution in [3.05, 3.63) is 47.6 Å². The number of benzene rings is 1. The SMILES string of the molecule is COCCN1CCN(Cc2nc(CCc3ccccc3)no2)CC1. The van der Waals surface area contributed by atoms with Crippen molar-refractivity contribution in [2.75, 3.05) is 46.4 Å². The highest BCUT2D eigenvalue weighted by Gasteiger charge is 2.18. The third kappa shape index (κ3) is 5.12. The second-order valence-electron chi connectivity index (χ2n) is 6.20. The molecule has 1 aliphatic heterocycles. The van der Waals surface area contributed by atoms with Crippen LogP contribution in [-0.4, -0.2) is 66.4 Å². The van der Waals surface area contributed by atoms with Crippen LogP contribution in [0.25, 0.3) is 0 Å². The largest absolute Gasteiger partial charge is 0.383 e. The van der Waals surface area contributed by atoms with Gasteiger partial charge < -0.3 is 9.26 Å². The van der Waals surface area contributed by atoms with E-state index in [0.29, 0.717) is 0 Å². The van der Waals surface area contributed by atoms with Gasteiger partial charge in [0.15, 0.2) is 5.82 Å². The number of hydrogen-bond donors (Lipinski definition) is 0. The number of nitrogens with zero attached hydrogens (tertiary/aromatic N) is 4. The zero-order valence-corrected chi connectivity index (χ0v) is 14.4. The summed E-state index contributed by atoms with van der Waals surface area (Å²) in [4.78, 5) is 9.34. The van der Waals surface area contributed by atoms with E-state index in [1.54, 1.807) is 7.11 Å². The van der Waals surface area contributed by atoms with E-state index in [0.717, 1.165) is 70.4 Å². The number of aryl methyl sites for hydroxylation is 2. The molecule has 1 saturated heterocycles. The van der Waals surface area contributed by atoms with Crippen LogP contribution < -0.4 is 0 Å². The van der Waals surface area contributed by atoms with Crippen molar-refractivity contribution < 1.29 is 9.26 Å². The Morgan fingerprint density at radius 2 is 1.79 bits per heavy atom. The first-order chi connectivity index (χ1) is 11.8. The molecule has 3 rings (SSSR count). The Hall–Kier alpha value is -1.76. The summed E-state index contributed by atoms with van der Waals surface area (Å²) in [5.74, 6) is 1.52. The third-order valence-corrected chi connectivity index (χ3v) is 4.43. The summed E-state index contributed by atoms with van der Waals surface area (Å²) in [6.07, 6.45) is 1.76. The first-order valence-corrected chi connectivity index (χ1v) is 8.62. The van der Waals surface area contributed by atoms with Gasteiger partial charge in [-0.2, -0.15) is 4.98 Å².